The Morgan fingerprint density at radius 2 is 2.11 bits per heavy atom. The van der Waals surface area contributed by atoms with Gasteiger partial charge in [-0.2, -0.15) is 5.26 Å². The van der Waals surface area contributed by atoms with Crippen LogP contribution >= 0.6 is 0 Å². The van der Waals surface area contributed by atoms with E-state index in [4.69, 9.17) is 10.4 Å². The van der Waals surface area contributed by atoms with Gasteiger partial charge in [0.05, 0.1) is 11.3 Å². The Kier molecular flexibility index (Phi) is 5.55. The van der Waals surface area contributed by atoms with Gasteiger partial charge in [-0.3, -0.25) is 9.59 Å². The minimum Gasteiger partial charge on any atom is -0.481 e. The normalized spacial score (nSPS) is 11.4. The summed E-state index contributed by atoms with van der Waals surface area (Å²) in [5, 5.41) is 20.2. The van der Waals surface area contributed by atoms with Crippen molar-refractivity contribution in [1.29, 1.82) is 5.26 Å². The molecule has 0 spiro atoms. The molecule has 5 nitrogen and oxygen atoms in total. The first-order chi connectivity index (χ1) is 9.08. The number of rotatable bonds is 6. The summed E-state index contributed by atoms with van der Waals surface area (Å²) in [5.74, 6) is -1.52. The van der Waals surface area contributed by atoms with E-state index in [1.165, 1.54) is 0 Å². The topological polar surface area (TPSA) is 90.2 Å². The number of nitrogens with one attached hydrogen (secondary N) is 1. The van der Waals surface area contributed by atoms with Gasteiger partial charge in [0.25, 0.3) is 0 Å². The number of aliphatic carboxylic acids is 1. The van der Waals surface area contributed by atoms with Crippen LogP contribution in [0.2, 0.25) is 0 Å². The molecule has 1 aromatic carbocycles. The van der Waals surface area contributed by atoms with Crippen molar-refractivity contribution in [3.8, 4) is 6.07 Å². The molecule has 0 radical (unpaired) electrons. The maximum absolute atomic E-state index is 12.0. The van der Waals surface area contributed by atoms with Crippen molar-refractivity contribution >= 4 is 17.6 Å². The second kappa shape index (κ2) is 7.17. The fraction of sp³-hybridized carbons (Fsp3) is 0.357. The first-order valence-electron chi connectivity index (χ1n) is 6.10. The summed E-state index contributed by atoms with van der Waals surface area (Å²) in [5.41, 5.74) is 0.854. The van der Waals surface area contributed by atoms with Crippen molar-refractivity contribution in [2.24, 2.45) is 5.92 Å². The van der Waals surface area contributed by atoms with Gasteiger partial charge in [-0.05, 0) is 25.0 Å². The Morgan fingerprint density at radius 3 is 2.68 bits per heavy atom. The predicted molar refractivity (Wildman–Crippen MR) is 70.4 cm³/mol. The molecule has 0 fully saturated rings. The molecule has 5 heteroatoms. The van der Waals surface area contributed by atoms with Crippen LogP contribution in [-0.2, 0) is 9.59 Å². The third-order valence-electron chi connectivity index (χ3n) is 2.88. The molecule has 1 amide bonds. The summed E-state index contributed by atoms with van der Waals surface area (Å²) in [6, 6.07) is 8.72. The molecule has 0 aromatic heterocycles. The molecule has 0 aliphatic carbocycles. The average molecular weight is 260 g/mol. The summed E-state index contributed by atoms with van der Waals surface area (Å²) in [6.45, 7) is 1.84. The zero-order valence-electron chi connectivity index (χ0n) is 10.7. The number of hydrogen-bond acceptors (Lipinski definition) is 3. The summed E-state index contributed by atoms with van der Waals surface area (Å²) in [7, 11) is 0. The van der Waals surface area contributed by atoms with Crippen LogP contribution < -0.4 is 5.32 Å². The lowest BCUT2D eigenvalue weighted by atomic mass is 9.99. The van der Waals surface area contributed by atoms with E-state index < -0.39 is 5.97 Å². The number of carbonyl (C=O) groups is 2. The highest BCUT2D eigenvalue weighted by molar-refractivity contribution is 5.93. The number of carboxylic acids is 1. The third-order valence-corrected chi connectivity index (χ3v) is 2.88. The second-order valence-electron chi connectivity index (χ2n) is 4.18. The summed E-state index contributed by atoms with van der Waals surface area (Å²) in [6.07, 6.45) is 0.825. The Hall–Kier alpha value is -2.35. The van der Waals surface area contributed by atoms with Gasteiger partial charge in [0.2, 0.25) is 5.91 Å². The Morgan fingerprint density at radius 1 is 1.42 bits per heavy atom. The number of hydrogen-bond donors (Lipinski definition) is 2. The monoisotopic (exact) mass is 260 g/mol. The zero-order chi connectivity index (χ0) is 14.3. The minimum atomic E-state index is -0.913. The number of benzene rings is 1. The van der Waals surface area contributed by atoms with Crippen molar-refractivity contribution in [3.05, 3.63) is 29.8 Å². The fourth-order valence-corrected chi connectivity index (χ4v) is 1.74. The second-order valence-corrected chi connectivity index (χ2v) is 4.18. The van der Waals surface area contributed by atoms with Gasteiger partial charge in [-0.25, -0.2) is 0 Å². The molecular formula is C14H16N2O3. The number of nitriles is 1. The lowest BCUT2D eigenvalue weighted by molar-refractivity contribution is -0.137. The van der Waals surface area contributed by atoms with Crippen molar-refractivity contribution in [3.63, 3.8) is 0 Å². The van der Waals surface area contributed by atoms with Crippen LogP contribution in [0.4, 0.5) is 5.69 Å². The van der Waals surface area contributed by atoms with E-state index in [1.54, 1.807) is 24.3 Å². The van der Waals surface area contributed by atoms with E-state index in [-0.39, 0.29) is 18.2 Å². The summed E-state index contributed by atoms with van der Waals surface area (Å²) in [4.78, 5) is 22.5. The van der Waals surface area contributed by atoms with Crippen LogP contribution in [0.5, 0.6) is 0 Å². The van der Waals surface area contributed by atoms with E-state index in [0.29, 0.717) is 24.1 Å². The highest BCUT2D eigenvalue weighted by atomic mass is 16.4. The van der Waals surface area contributed by atoms with Gasteiger partial charge in [0, 0.05) is 12.3 Å². The lowest BCUT2D eigenvalue weighted by Crippen LogP contribution is -2.23. The Balaban J connectivity index is 2.72. The standard InChI is InChI=1S/C14H16N2O3/c1-2-10(7-8-13(17)18)14(19)16-12-6-4-3-5-11(12)9-15/h3-6,10H,2,7-8H2,1H3,(H,16,19)(H,17,18). The number of carboxylic acid groups (broad SMARTS) is 1. The first kappa shape index (κ1) is 14.7. The molecule has 19 heavy (non-hydrogen) atoms. The number of nitrogens with zero attached hydrogens (tertiary/aromatic N) is 1. The minimum absolute atomic E-state index is 0.0359. The van der Waals surface area contributed by atoms with Crippen molar-refractivity contribution in [1.82, 2.24) is 0 Å². The first-order valence-corrected chi connectivity index (χ1v) is 6.10. The van der Waals surface area contributed by atoms with Crippen molar-refractivity contribution in [2.45, 2.75) is 26.2 Å². The smallest absolute Gasteiger partial charge is 0.303 e. The van der Waals surface area contributed by atoms with Crippen LogP contribution in [0.25, 0.3) is 0 Å². The summed E-state index contributed by atoms with van der Waals surface area (Å²) < 4.78 is 0. The molecule has 0 aliphatic rings. The zero-order valence-corrected chi connectivity index (χ0v) is 10.7. The SMILES string of the molecule is CCC(CCC(=O)O)C(=O)Nc1ccccc1C#N. The van der Waals surface area contributed by atoms with Gasteiger partial charge in [0.1, 0.15) is 6.07 Å². The average Bonchev–Trinajstić information content (AvgIpc) is 2.39. The van der Waals surface area contributed by atoms with Crippen LogP contribution in [0.15, 0.2) is 24.3 Å². The predicted octanol–water partition coefficient (Wildman–Crippen LogP) is 2.39. The van der Waals surface area contributed by atoms with Crippen LogP contribution in [-0.4, -0.2) is 17.0 Å². The highest BCUT2D eigenvalue weighted by Gasteiger charge is 2.18. The lowest BCUT2D eigenvalue weighted by Gasteiger charge is -2.14. The molecule has 1 atom stereocenters. The largest absolute Gasteiger partial charge is 0.481 e. The molecule has 100 valence electrons. The summed E-state index contributed by atoms with van der Waals surface area (Å²) >= 11 is 0. The van der Waals surface area contributed by atoms with Gasteiger partial charge >= 0.3 is 5.97 Å². The molecule has 1 rings (SSSR count). The molecule has 1 unspecified atom stereocenters. The Bertz CT molecular complexity index is 506. The van der Waals surface area contributed by atoms with Crippen LogP contribution in [0.3, 0.4) is 0 Å². The van der Waals surface area contributed by atoms with Gasteiger partial charge in [-0.15, -0.1) is 0 Å². The van der Waals surface area contributed by atoms with Gasteiger partial charge in [-0.1, -0.05) is 19.1 Å². The number of amides is 1. The van der Waals surface area contributed by atoms with Gasteiger partial charge in [0.15, 0.2) is 0 Å². The van der Waals surface area contributed by atoms with Crippen molar-refractivity contribution in [2.75, 3.05) is 5.32 Å². The number of para-hydroxylation sites is 1. The Labute approximate surface area is 111 Å². The molecule has 1 aromatic rings. The van der Waals surface area contributed by atoms with Crippen LogP contribution in [0, 0.1) is 17.2 Å². The molecule has 0 saturated heterocycles. The van der Waals surface area contributed by atoms with Gasteiger partial charge < -0.3 is 10.4 Å². The highest BCUT2D eigenvalue weighted by Crippen LogP contribution is 2.18. The quantitative estimate of drug-likeness (QED) is 0.821. The maximum atomic E-state index is 12.0. The molecule has 0 aliphatic heterocycles. The van der Waals surface area contributed by atoms with E-state index in [1.807, 2.05) is 13.0 Å². The maximum Gasteiger partial charge on any atom is 0.303 e. The molecule has 0 heterocycles. The van der Waals surface area contributed by atoms with Crippen molar-refractivity contribution < 1.29 is 14.7 Å². The van der Waals surface area contributed by atoms with Crippen LogP contribution in [0.1, 0.15) is 31.7 Å². The molecular weight excluding hydrogens is 244 g/mol. The third kappa shape index (κ3) is 4.43. The molecule has 0 bridgehead atoms. The van der Waals surface area contributed by atoms with E-state index in [2.05, 4.69) is 5.32 Å². The number of anilines is 1. The van der Waals surface area contributed by atoms with E-state index in [0.717, 1.165) is 0 Å². The van der Waals surface area contributed by atoms with E-state index in [9.17, 15) is 9.59 Å². The number of carbonyl (C=O) groups excluding carboxylic acids is 1. The molecule has 2 N–H and O–H groups in total. The van der Waals surface area contributed by atoms with E-state index >= 15 is 0 Å². The molecule has 0 saturated carbocycles. The fourth-order valence-electron chi connectivity index (χ4n) is 1.74.